The van der Waals surface area contributed by atoms with Crippen molar-refractivity contribution in [2.45, 2.75) is 39.3 Å². The van der Waals surface area contributed by atoms with Crippen LogP contribution in [0, 0.1) is 0 Å². The molecular formula is C15H25NO3. The van der Waals surface area contributed by atoms with E-state index >= 15 is 0 Å². The third kappa shape index (κ3) is 5.94. The van der Waals surface area contributed by atoms with Gasteiger partial charge in [-0.25, -0.2) is 0 Å². The van der Waals surface area contributed by atoms with Crippen LogP contribution in [0.15, 0.2) is 18.2 Å². The Bertz CT molecular complexity index is 385. The molecule has 0 aliphatic heterocycles. The van der Waals surface area contributed by atoms with Gasteiger partial charge < -0.3 is 19.9 Å². The van der Waals surface area contributed by atoms with E-state index < -0.39 is 0 Å². The molecule has 0 aromatic heterocycles. The number of benzene rings is 1. The third-order valence-corrected chi connectivity index (χ3v) is 2.64. The second kappa shape index (κ2) is 7.36. The molecule has 1 rings (SSSR count). The number of aliphatic hydroxyl groups is 1. The van der Waals surface area contributed by atoms with E-state index in [1.807, 2.05) is 18.2 Å². The summed E-state index contributed by atoms with van der Waals surface area (Å²) in [4.78, 5) is 0. The predicted octanol–water partition coefficient (Wildman–Crippen LogP) is 2.34. The van der Waals surface area contributed by atoms with E-state index in [0.29, 0.717) is 13.0 Å². The van der Waals surface area contributed by atoms with Crippen LogP contribution in [0.1, 0.15) is 32.8 Å². The van der Waals surface area contributed by atoms with E-state index in [2.05, 4.69) is 26.1 Å². The number of rotatable bonds is 7. The summed E-state index contributed by atoms with van der Waals surface area (Å²) in [6.45, 7) is 7.75. The molecule has 0 fully saturated rings. The van der Waals surface area contributed by atoms with Gasteiger partial charge in [0.15, 0.2) is 0 Å². The maximum absolute atomic E-state index is 8.79. The zero-order chi connectivity index (χ0) is 14.3. The smallest absolute Gasteiger partial charge is 0.124 e. The number of hydrogen-bond acceptors (Lipinski definition) is 4. The van der Waals surface area contributed by atoms with E-state index in [-0.39, 0.29) is 12.1 Å². The minimum Gasteiger partial charge on any atom is -0.497 e. The van der Waals surface area contributed by atoms with E-state index in [9.17, 15) is 0 Å². The van der Waals surface area contributed by atoms with E-state index in [4.69, 9.17) is 14.6 Å². The zero-order valence-electron chi connectivity index (χ0n) is 12.3. The Morgan fingerprint density at radius 2 is 2.00 bits per heavy atom. The van der Waals surface area contributed by atoms with Crippen molar-refractivity contribution < 1.29 is 14.6 Å². The monoisotopic (exact) mass is 267 g/mol. The van der Waals surface area contributed by atoms with Crippen molar-refractivity contribution in [3.05, 3.63) is 23.8 Å². The van der Waals surface area contributed by atoms with E-state index in [1.165, 1.54) is 0 Å². The van der Waals surface area contributed by atoms with Gasteiger partial charge in [-0.2, -0.15) is 0 Å². The maximum Gasteiger partial charge on any atom is 0.124 e. The molecule has 0 amide bonds. The minimum absolute atomic E-state index is 0.0471. The van der Waals surface area contributed by atoms with E-state index in [1.54, 1.807) is 7.11 Å². The van der Waals surface area contributed by atoms with Crippen LogP contribution in [0.4, 0.5) is 0 Å². The average Bonchev–Trinajstić information content (AvgIpc) is 2.36. The van der Waals surface area contributed by atoms with Gasteiger partial charge in [0.2, 0.25) is 0 Å². The fourth-order valence-corrected chi connectivity index (χ4v) is 1.57. The maximum atomic E-state index is 8.79. The molecular weight excluding hydrogens is 242 g/mol. The van der Waals surface area contributed by atoms with E-state index in [0.717, 1.165) is 23.6 Å². The first kappa shape index (κ1) is 15.8. The summed E-state index contributed by atoms with van der Waals surface area (Å²) in [5, 5.41) is 12.2. The van der Waals surface area contributed by atoms with Crippen LogP contribution in [0.2, 0.25) is 0 Å². The van der Waals surface area contributed by atoms with Crippen LogP contribution in [0.5, 0.6) is 11.5 Å². The molecule has 0 atom stereocenters. The molecule has 1 aromatic carbocycles. The van der Waals surface area contributed by atoms with Crippen molar-refractivity contribution in [1.29, 1.82) is 0 Å². The molecule has 1 aromatic rings. The molecule has 19 heavy (non-hydrogen) atoms. The largest absolute Gasteiger partial charge is 0.497 e. The Labute approximate surface area is 115 Å². The normalized spacial score (nSPS) is 11.4. The summed E-state index contributed by atoms with van der Waals surface area (Å²) in [5.74, 6) is 1.66. The third-order valence-electron chi connectivity index (χ3n) is 2.64. The molecule has 0 aliphatic rings. The summed E-state index contributed by atoms with van der Waals surface area (Å²) < 4.78 is 10.9. The van der Waals surface area contributed by atoms with Gasteiger partial charge in [0.25, 0.3) is 0 Å². The lowest BCUT2D eigenvalue weighted by atomic mass is 10.1. The number of aliphatic hydroxyl groups excluding tert-OH is 1. The second-order valence-corrected chi connectivity index (χ2v) is 5.50. The standard InChI is InChI=1S/C15H25NO3/c1-15(2,3)16-11-12-10-13(18-4)6-7-14(12)19-9-5-8-17/h6-7,10,16-17H,5,8-9,11H2,1-4H3. The number of ether oxygens (including phenoxy) is 2. The highest BCUT2D eigenvalue weighted by atomic mass is 16.5. The number of methoxy groups -OCH3 is 1. The Morgan fingerprint density at radius 3 is 2.58 bits per heavy atom. The molecule has 0 bridgehead atoms. The Kier molecular flexibility index (Phi) is 6.12. The van der Waals surface area contributed by atoms with Crippen molar-refractivity contribution >= 4 is 0 Å². The summed E-state index contributed by atoms with van der Waals surface area (Å²) in [6, 6.07) is 5.78. The average molecular weight is 267 g/mol. The topological polar surface area (TPSA) is 50.7 Å². The van der Waals surface area contributed by atoms with Gasteiger partial charge in [-0.1, -0.05) is 0 Å². The summed E-state index contributed by atoms with van der Waals surface area (Å²) in [5.41, 5.74) is 1.11. The van der Waals surface area contributed by atoms with Crippen LogP contribution < -0.4 is 14.8 Å². The van der Waals surface area contributed by atoms with Gasteiger partial charge in [-0.3, -0.25) is 0 Å². The van der Waals surface area contributed by atoms with Gasteiger partial charge in [0.1, 0.15) is 11.5 Å². The summed E-state index contributed by atoms with van der Waals surface area (Å²) >= 11 is 0. The van der Waals surface area contributed by atoms with Crippen molar-refractivity contribution in [1.82, 2.24) is 5.32 Å². The quantitative estimate of drug-likeness (QED) is 0.745. The zero-order valence-corrected chi connectivity index (χ0v) is 12.3. The lowest BCUT2D eigenvalue weighted by molar-refractivity contribution is 0.232. The molecule has 0 radical (unpaired) electrons. The minimum atomic E-state index is 0.0471. The van der Waals surface area contributed by atoms with Crippen LogP contribution in [0.3, 0.4) is 0 Å². The van der Waals surface area contributed by atoms with Gasteiger partial charge in [0.05, 0.1) is 13.7 Å². The van der Waals surface area contributed by atoms with Crippen LogP contribution in [-0.4, -0.2) is 31.0 Å². The van der Waals surface area contributed by atoms with Gasteiger partial charge in [0, 0.05) is 30.7 Å². The van der Waals surface area contributed by atoms with Gasteiger partial charge >= 0.3 is 0 Å². The predicted molar refractivity (Wildman–Crippen MR) is 76.8 cm³/mol. The number of hydrogen-bond donors (Lipinski definition) is 2. The molecule has 0 spiro atoms. The van der Waals surface area contributed by atoms with Crippen LogP contribution in [0.25, 0.3) is 0 Å². The highest BCUT2D eigenvalue weighted by Crippen LogP contribution is 2.24. The highest BCUT2D eigenvalue weighted by Gasteiger charge is 2.12. The second-order valence-electron chi connectivity index (χ2n) is 5.50. The lowest BCUT2D eigenvalue weighted by Crippen LogP contribution is -2.35. The first-order valence-electron chi connectivity index (χ1n) is 6.62. The molecule has 0 aliphatic carbocycles. The number of nitrogens with one attached hydrogen (secondary N) is 1. The fraction of sp³-hybridized carbons (Fsp3) is 0.600. The Hall–Kier alpha value is -1.26. The SMILES string of the molecule is COc1ccc(OCCCO)c(CNC(C)(C)C)c1. The Balaban J connectivity index is 2.77. The Morgan fingerprint density at radius 1 is 1.26 bits per heavy atom. The molecule has 108 valence electrons. The highest BCUT2D eigenvalue weighted by molar-refractivity contribution is 5.40. The van der Waals surface area contributed by atoms with Crippen molar-refractivity contribution in [2.75, 3.05) is 20.3 Å². The molecule has 0 saturated carbocycles. The van der Waals surface area contributed by atoms with Gasteiger partial charge in [-0.05, 0) is 39.0 Å². The summed E-state index contributed by atoms with van der Waals surface area (Å²) in [7, 11) is 1.66. The van der Waals surface area contributed by atoms with Crippen LogP contribution in [-0.2, 0) is 6.54 Å². The molecule has 4 nitrogen and oxygen atoms in total. The fourth-order valence-electron chi connectivity index (χ4n) is 1.57. The van der Waals surface area contributed by atoms with Gasteiger partial charge in [-0.15, -0.1) is 0 Å². The lowest BCUT2D eigenvalue weighted by Gasteiger charge is -2.22. The first-order valence-corrected chi connectivity index (χ1v) is 6.62. The molecule has 2 N–H and O–H groups in total. The molecule has 4 heteroatoms. The molecule has 0 unspecified atom stereocenters. The van der Waals surface area contributed by atoms with Crippen molar-refractivity contribution in [2.24, 2.45) is 0 Å². The summed E-state index contributed by atoms with van der Waals surface area (Å²) in [6.07, 6.45) is 0.637. The first-order chi connectivity index (χ1) is 8.96. The van der Waals surface area contributed by atoms with Crippen molar-refractivity contribution in [3.8, 4) is 11.5 Å². The molecule has 0 heterocycles. The molecule has 0 saturated heterocycles. The van der Waals surface area contributed by atoms with Crippen LogP contribution >= 0.6 is 0 Å². The van der Waals surface area contributed by atoms with Crippen molar-refractivity contribution in [3.63, 3.8) is 0 Å².